The standard InChI is InChI=1S/C77H92N21O11P/c1-91(2)36-21-32-78-66(100)29-34-80-71(103)58-38-50(43-92(58)3)83-74(106)61-41-53(46-95(61)6)85-77(109)70-90-64(49-98(70)9)88-68(102)31-35-81-72(104)59-39-51(44-93(59)4)82-73(105)60-40-52(45-94(60)5)84-75(107)62-42-54(47-96(62)7)86-76(108)69-89-63(48-97(69)8)87-67(101)30-33-79-65(99)28-19-20-37-110(55-22-13-10-14-23-55,56-24-15-11-16-25-56)57-26-17-12-18-27-57/h10-18,22-26,38-49,57H,19-21,27-37H2,1-9H3,(H10-,78,79,80,81,82,83,84,85,86,87,88,99,100,101,102,103,104,105,106,107,108,109)/p+1. The predicted octanol–water partition coefficient (Wildman–Crippen LogP) is 6.22. The molecule has 0 saturated carbocycles. The third-order valence-corrected chi connectivity index (χ3v) is 23.3. The largest absolute Gasteiger partial charge is 0.356 e. The molecule has 1 atom stereocenters. The van der Waals surface area contributed by atoms with Gasteiger partial charge in [0.05, 0.1) is 52.5 Å². The molecule has 0 saturated heterocycles. The van der Waals surface area contributed by atoms with Gasteiger partial charge in [0.15, 0.2) is 11.6 Å². The van der Waals surface area contributed by atoms with Gasteiger partial charge in [-0.3, -0.25) is 52.7 Å². The molecule has 576 valence electrons. The Kier molecular flexibility index (Phi) is 26.7. The fraction of sp³-hybridized carbons (Fsp3) is 0.312. The molecule has 110 heavy (non-hydrogen) atoms. The van der Waals surface area contributed by atoms with Crippen LogP contribution in [-0.2, 0) is 68.5 Å². The molecule has 2 aromatic carbocycles. The van der Waals surface area contributed by atoms with E-state index in [1.54, 1.807) is 66.3 Å². The maximum absolute atomic E-state index is 13.7. The van der Waals surface area contributed by atoms with E-state index in [-0.39, 0.29) is 125 Å². The highest BCUT2D eigenvalue weighted by Gasteiger charge is 2.48. The lowest BCUT2D eigenvalue weighted by atomic mass is 10.2. The van der Waals surface area contributed by atoms with Crippen LogP contribution in [0.3, 0.4) is 0 Å². The van der Waals surface area contributed by atoms with Crippen molar-refractivity contribution in [2.24, 2.45) is 49.3 Å². The number of hydrogen-bond donors (Lipinski definition) is 11. The number of benzene rings is 2. The number of rotatable bonds is 35. The van der Waals surface area contributed by atoms with Crippen LogP contribution in [0.5, 0.6) is 0 Å². The minimum absolute atomic E-state index is 0.0174. The summed E-state index contributed by atoms with van der Waals surface area (Å²) in [6.45, 7) is 1.53. The van der Waals surface area contributed by atoms with E-state index >= 15 is 0 Å². The monoisotopic (exact) mass is 1520 g/mol. The predicted molar refractivity (Wildman–Crippen MR) is 423 cm³/mol. The lowest BCUT2D eigenvalue weighted by molar-refractivity contribution is -0.122. The van der Waals surface area contributed by atoms with Crippen molar-refractivity contribution in [2.75, 3.05) is 90.2 Å². The molecule has 10 rings (SSSR count). The first kappa shape index (κ1) is 79.9. The van der Waals surface area contributed by atoms with Crippen LogP contribution in [0.1, 0.15) is 125 Å². The van der Waals surface area contributed by atoms with Gasteiger partial charge in [0, 0.05) is 151 Å². The van der Waals surface area contributed by atoms with Crippen LogP contribution in [0.15, 0.2) is 159 Å². The number of allylic oxidation sites excluding steroid dienone is 4. The molecule has 0 spiro atoms. The van der Waals surface area contributed by atoms with Gasteiger partial charge in [0.2, 0.25) is 35.3 Å². The number of nitrogens with one attached hydrogen (secondary N) is 11. The number of hydrogen-bond acceptors (Lipinski definition) is 14. The van der Waals surface area contributed by atoms with Gasteiger partial charge < -0.3 is 95.4 Å². The van der Waals surface area contributed by atoms with Crippen molar-refractivity contribution in [1.29, 1.82) is 0 Å². The topological polar surface area (TPSA) is 384 Å². The molecule has 11 N–H and O–H groups in total. The molecule has 0 radical (unpaired) electrons. The lowest BCUT2D eigenvalue weighted by Crippen LogP contribution is -2.33. The molecule has 0 fully saturated rings. The van der Waals surface area contributed by atoms with E-state index in [9.17, 15) is 52.7 Å². The van der Waals surface area contributed by atoms with Gasteiger partial charge in [-0.1, -0.05) is 54.6 Å². The second kappa shape index (κ2) is 36.7. The van der Waals surface area contributed by atoms with E-state index in [2.05, 4.69) is 141 Å². The molecule has 1 aliphatic rings. The number of amides is 11. The first-order chi connectivity index (χ1) is 52.7. The van der Waals surface area contributed by atoms with Crippen molar-refractivity contribution >= 4 is 123 Å². The van der Waals surface area contributed by atoms with E-state index in [1.165, 1.54) is 99.3 Å². The second-order valence-corrected chi connectivity index (χ2v) is 30.9. The number of anilines is 7. The average Bonchev–Trinajstić information content (AvgIpc) is 1.20. The molecule has 9 aromatic rings. The molecule has 0 aliphatic heterocycles. The molecule has 7 heterocycles. The molecule has 11 amide bonds. The van der Waals surface area contributed by atoms with Crippen LogP contribution in [0.2, 0.25) is 0 Å². The maximum Gasteiger partial charge on any atom is 0.291 e. The summed E-state index contributed by atoms with van der Waals surface area (Å²) in [4.78, 5) is 156. The summed E-state index contributed by atoms with van der Waals surface area (Å²) >= 11 is 0. The van der Waals surface area contributed by atoms with E-state index < -0.39 is 60.4 Å². The second-order valence-electron chi connectivity index (χ2n) is 27.1. The van der Waals surface area contributed by atoms with E-state index in [0.717, 1.165) is 32.0 Å². The van der Waals surface area contributed by atoms with Crippen LogP contribution >= 0.6 is 7.26 Å². The van der Waals surface area contributed by atoms with E-state index in [0.29, 0.717) is 30.7 Å². The Morgan fingerprint density at radius 2 is 0.755 bits per heavy atom. The smallest absolute Gasteiger partial charge is 0.291 e. The van der Waals surface area contributed by atoms with Crippen molar-refractivity contribution in [3.63, 3.8) is 0 Å². The molecular weight excluding hydrogens is 1430 g/mol. The normalized spacial score (nSPS) is 12.4. The van der Waals surface area contributed by atoms with Crippen LogP contribution in [0.25, 0.3) is 0 Å². The molecule has 1 unspecified atom stereocenters. The average molecular weight is 1520 g/mol. The first-order valence-electron chi connectivity index (χ1n) is 35.8. The third kappa shape index (κ3) is 20.7. The van der Waals surface area contributed by atoms with Crippen molar-refractivity contribution < 1.29 is 52.7 Å². The Labute approximate surface area is 636 Å². The number of nitrogens with zero attached hydrogens (tertiary/aromatic N) is 10. The van der Waals surface area contributed by atoms with Crippen molar-refractivity contribution in [3.8, 4) is 0 Å². The molecule has 33 heteroatoms. The molecular formula is C77H93N21O11P+. The number of carbonyl (C=O) groups excluding carboxylic acids is 11. The van der Waals surface area contributed by atoms with Gasteiger partial charge in [-0.05, 0) is 101 Å². The first-order valence-corrected chi connectivity index (χ1v) is 37.9. The third-order valence-electron chi connectivity index (χ3n) is 18.3. The van der Waals surface area contributed by atoms with Gasteiger partial charge in [0.25, 0.3) is 41.4 Å². The van der Waals surface area contributed by atoms with Crippen LogP contribution in [-0.4, -0.2) is 170 Å². The fourth-order valence-electron chi connectivity index (χ4n) is 12.9. The van der Waals surface area contributed by atoms with Gasteiger partial charge in [0.1, 0.15) is 34.1 Å². The summed E-state index contributed by atoms with van der Waals surface area (Å²) in [5.41, 5.74) is 2.73. The van der Waals surface area contributed by atoms with Crippen molar-refractivity contribution in [1.82, 2.24) is 68.1 Å². The SMILES string of the molecule is CN(C)CCCNC(=O)CCNC(=O)c1cc(NC(=O)c2cc(NC(=O)c3nc(NC(=O)CCNC(=O)c4cc(NC(=O)c5cc(NC(=O)c6cc(NC(=O)c7nc(NC(=O)CCNC(=O)CCCC[P+](c8ccccc8)(c8ccccc8)C8C=CC=CC8)cn7C)cn6C)cn5C)cn4C)cn3C)cn2C)cn1C. The summed E-state index contributed by atoms with van der Waals surface area (Å²) in [6, 6.07) is 28.9. The van der Waals surface area contributed by atoms with Gasteiger partial charge >= 0.3 is 0 Å². The minimum atomic E-state index is -1.89. The zero-order valence-electron chi connectivity index (χ0n) is 62.9. The van der Waals surface area contributed by atoms with Crippen molar-refractivity contribution in [3.05, 3.63) is 199 Å². The Morgan fingerprint density at radius 1 is 0.391 bits per heavy atom. The summed E-state index contributed by atoms with van der Waals surface area (Å²) in [7, 11) is 13.3. The number of imidazole rings is 2. The lowest BCUT2D eigenvalue weighted by Gasteiger charge is -2.34. The van der Waals surface area contributed by atoms with Crippen LogP contribution in [0, 0.1) is 0 Å². The molecule has 7 aromatic heterocycles. The minimum Gasteiger partial charge on any atom is -0.356 e. The highest BCUT2D eigenvalue weighted by molar-refractivity contribution is 7.90. The Hall–Kier alpha value is -12.7. The van der Waals surface area contributed by atoms with Crippen LogP contribution < -0.4 is 69.1 Å². The Morgan fingerprint density at radius 3 is 1.15 bits per heavy atom. The van der Waals surface area contributed by atoms with Gasteiger partial charge in [-0.15, -0.1) is 0 Å². The van der Waals surface area contributed by atoms with E-state index in [1.807, 2.05) is 31.1 Å². The Bertz CT molecular complexity index is 4910. The van der Waals surface area contributed by atoms with Gasteiger partial charge in [-0.2, -0.15) is 0 Å². The zero-order valence-corrected chi connectivity index (χ0v) is 63.8. The Balaban J connectivity index is 0.621. The highest BCUT2D eigenvalue weighted by Crippen LogP contribution is 2.63. The fourth-order valence-corrected chi connectivity index (χ4v) is 17.8. The molecule has 0 bridgehead atoms. The molecule has 32 nitrogen and oxygen atoms in total. The van der Waals surface area contributed by atoms with Gasteiger partial charge in [-0.25, -0.2) is 9.97 Å². The zero-order chi connectivity index (χ0) is 78.8. The number of aromatic nitrogens is 9. The summed E-state index contributed by atoms with van der Waals surface area (Å²) in [5, 5.41) is 33.0. The molecule has 1 aliphatic carbocycles. The number of unbranched alkanes of at least 4 members (excludes halogenated alkanes) is 1. The summed E-state index contributed by atoms with van der Waals surface area (Å²) < 4.78 is 10.4. The van der Waals surface area contributed by atoms with Crippen LogP contribution in [0.4, 0.5) is 40.1 Å². The maximum atomic E-state index is 13.7. The highest BCUT2D eigenvalue weighted by atomic mass is 31.2. The van der Waals surface area contributed by atoms with Crippen molar-refractivity contribution in [2.45, 2.75) is 57.0 Å². The number of aryl methyl sites for hydroxylation is 7. The summed E-state index contributed by atoms with van der Waals surface area (Å²) in [6.07, 6.45) is 24.0. The van der Waals surface area contributed by atoms with E-state index in [4.69, 9.17) is 0 Å². The quantitative estimate of drug-likeness (QED) is 0.0155. The number of carbonyl (C=O) groups is 11. The summed E-state index contributed by atoms with van der Waals surface area (Å²) in [5.74, 6) is -4.99.